The molecule has 1 N–H and O–H groups in total. The predicted molar refractivity (Wildman–Crippen MR) is 129 cm³/mol. The van der Waals surface area contributed by atoms with E-state index in [1.807, 2.05) is 24.3 Å². The first-order valence-corrected chi connectivity index (χ1v) is 12.0. The van der Waals surface area contributed by atoms with Crippen LogP contribution in [0.4, 0.5) is 0 Å². The number of aromatic amines is 1. The molecule has 0 spiro atoms. The van der Waals surface area contributed by atoms with E-state index in [0.29, 0.717) is 5.56 Å². The quantitative estimate of drug-likeness (QED) is 0.342. The van der Waals surface area contributed by atoms with Crippen LogP contribution in [0.5, 0.6) is 5.75 Å². The number of H-pyrrole nitrogens is 1. The lowest BCUT2D eigenvalue weighted by Crippen LogP contribution is -2.19. The SMILES string of the molecule is COC(=O)c1ccc(-c2nc3cc(Sc4ccncc4)c(OC4CCCCC4)cc3[nH]2)cc1. The molecule has 0 atom stereocenters. The summed E-state index contributed by atoms with van der Waals surface area (Å²) in [7, 11) is 1.38. The maximum absolute atomic E-state index is 11.7. The summed E-state index contributed by atoms with van der Waals surface area (Å²) in [6.07, 6.45) is 9.76. The van der Waals surface area contributed by atoms with Crippen LogP contribution < -0.4 is 4.74 Å². The van der Waals surface area contributed by atoms with Crippen molar-refractivity contribution in [2.24, 2.45) is 0 Å². The summed E-state index contributed by atoms with van der Waals surface area (Å²) in [5, 5.41) is 0. The number of nitrogens with one attached hydrogen (secondary N) is 1. The number of hydrogen-bond donors (Lipinski definition) is 1. The van der Waals surface area contributed by atoms with E-state index >= 15 is 0 Å². The molecule has 6 nitrogen and oxygen atoms in total. The Hall–Kier alpha value is -3.32. The lowest BCUT2D eigenvalue weighted by atomic mass is 9.98. The van der Waals surface area contributed by atoms with Gasteiger partial charge >= 0.3 is 5.97 Å². The Morgan fingerprint density at radius 3 is 2.52 bits per heavy atom. The minimum absolute atomic E-state index is 0.251. The normalized spacial score (nSPS) is 14.3. The van der Waals surface area contributed by atoms with Gasteiger partial charge in [-0.05, 0) is 56.0 Å². The van der Waals surface area contributed by atoms with Crippen LogP contribution in [0, 0.1) is 0 Å². The van der Waals surface area contributed by atoms with Gasteiger partial charge in [0.2, 0.25) is 0 Å². The van der Waals surface area contributed by atoms with Crippen LogP contribution in [-0.2, 0) is 4.74 Å². The Balaban J connectivity index is 1.49. The molecule has 5 rings (SSSR count). The summed E-state index contributed by atoms with van der Waals surface area (Å²) in [4.78, 5) is 26.2. The van der Waals surface area contributed by atoms with Crippen LogP contribution in [-0.4, -0.2) is 34.1 Å². The van der Waals surface area contributed by atoms with Gasteiger partial charge in [0.1, 0.15) is 11.6 Å². The predicted octanol–water partition coefficient (Wildman–Crippen LogP) is 6.27. The number of pyridine rings is 1. The average molecular weight is 460 g/mol. The van der Waals surface area contributed by atoms with Gasteiger partial charge in [-0.3, -0.25) is 4.98 Å². The zero-order valence-electron chi connectivity index (χ0n) is 18.4. The second-order valence-electron chi connectivity index (χ2n) is 8.13. The van der Waals surface area contributed by atoms with Crippen molar-refractivity contribution in [3.63, 3.8) is 0 Å². The van der Waals surface area contributed by atoms with Gasteiger partial charge in [-0.1, -0.05) is 30.3 Å². The second kappa shape index (κ2) is 9.67. The number of esters is 1. The van der Waals surface area contributed by atoms with Gasteiger partial charge in [-0.2, -0.15) is 0 Å². The summed E-state index contributed by atoms with van der Waals surface area (Å²) >= 11 is 1.66. The lowest BCUT2D eigenvalue weighted by molar-refractivity contribution is 0.0600. The Kier molecular flexibility index (Phi) is 6.30. The van der Waals surface area contributed by atoms with Crippen molar-refractivity contribution in [1.82, 2.24) is 15.0 Å². The fourth-order valence-corrected chi connectivity index (χ4v) is 4.99. The first-order chi connectivity index (χ1) is 16.2. The van der Waals surface area contributed by atoms with E-state index in [0.717, 1.165) is 50.8 Å². The van der Waals surface area contributed by atoms with Gasteiger partial charge in [0.05, 0.1) is 34.7 Å². The maximum atomic E-state index is 11.7. The number of fused-ring (bicyclic) bond motifs is 1. The van der Waals surface area contributed by atoms with Crippen LogP contribution in [0.2, 0.25) is 0 Å². The molecule has 0 bridgehead atoms. The van der Waals surface area contributed by atoms with Crippen molar-refractivity contribution in [3.8, 4) is 17.1 Å². The third-order valence-corrected chi connectivity index (χ3v) is 6.90. The Labute approximate surface area is 196 Å². The average Bonchev–Trinajstić information content (AvgIpc) is 3.28. The third-order valence-electron chi connectivity index (χ3n) is 5.85. The van der Waals surface area contributed by atoms with Crippen molar-refractivity contribution in [3.05, 3.63) is 66.5 Å². The molecule has 1 aliphatic carbocycles. The van der Waals surface area contributed by atoms with Crippen LogP contribution in [0.3, 0.4) is 0 Å². The second-order valence-corrected chi connectivity index (χ2v) is 9.25. The number of imidazole rings is 1. The van der Waals surface area contributed by atoms with E-state index in [1.165, 1.54) is 26.4 Å². The molecule has 2 heterocycles. The highest BCUT2D eigenvalue weighted by Gasteiger charge is 2.19. The van der Waals surface area contributed by atoms with Gasteiger partial charge in [0, 0.05) is 28.9 Å². The summed E-state index contributed by atoms with van der Waals surface area (Å²) in [6.45, 7) is 0. The lowest BCUT2D eigenvalue weighted by Gasteiger charge is -2.24. The van der Waals surface area contributed by atoms with Gasteiger partial charge in [-0.25, -0.2) is 9.78 Å². The van der Waals surface area contributed by atoms with Crippen molar-refractivity contribution >= 4 is 28.8 Å². The third kappa shape index (κ3) is 4.88. The molecule has 7 heteroatoms. The van der Waals surface area contributed by atoms with Gasteiger partial charge in [0.25, 0.3) is 0 Å². The summed E-state index contributed by atoms with van der Waals surface area (Å²) in [5.74, 6) is 1.27. The highest BCUT2D eigenvalue weighted by molar-refractivity contribution is 7.99. The van der Waals surface area contributed by atoms with Crippen molar-refractivity contribution < 1.29 is 14.3 Å². The molecule has 0 radical (unpaired) electrons. The number of hydrogen-bond acceptors (Lipinski definition) is 6. The zero-order chi connectivity index (χ0) is 22.6. The molecule has 1 fully saturated rings. The number of carbonyl (C=O) groups excluding carboxylic acids is 1. The first-order valence-electron chi connectivity index (χ1n) is 11.2. The minimum Gasteiger partial charge on any atom is -0.489 e. The molecule has 2 aromatic heterocycles. The molecule has 0 unspecified atom stereocenters. The number of rotatable bonds is 6. The van der Waals surface area contributed by atoms with Gasteiger partial charge < -0.3 is 14.5 Å². The van der Waals surface area contributed by atoms with Crippen molar-refractivity contribution in [2.45, 2.75) is 48.0 Å². The molecule has 1 saturated carbocycles. The molecule has 4 aromatic rings. The zero-order valence-corrected chi connectivity index (χ0v) is 19.2. The summed E-state index contributed by atoms with van der Waals surface area (Å²) < 4.78 is 11.3. The molecule has 0 aliphatic heterocycles. The Bertz CT molecular complexity index is 1250. The standard InChI is InChI=1S/C26H25N3O3S/c1-31-26(30)18-9-7-17(8-10-18)25-28-21-15-23(32-19-5-3-2-4-6-19)24(16-22(21)29-25)33-20-11-13-27-14-12-20/h7-16,19H,2-6H2,1H3,(H,28,29). The smallest absolute Gasteiger partial charge is 0.337 e. The minimum atomic E-state index is -0.353. The molecule has 2 aromatic carbocycles. The highest BCUT2D eigenvalue weighted by Crippen LogP contribution is 2.39. The number of benzene rings is 2. The van der Waals surface area contributed by atoms with Crippen LogP contribution in [0.15, 0.2) is 70.7 Å². The van der Waals surface area contributed by atoms with Crippen molar-refractivity contribution in [1.29, 1.82) is 0 Å². The monoisotopic (exact) mass is 459 g/mol. The van der Waals surface area contributed by atoms with E-state index in [2.05, 4.69) is 22.1 Å². The molecule has 0 amide bonds. The molecule has 33 heavy (non-hydrogen) atoms. The Morgan fingerprint density at radius 2 is 1.79 bits per heavy atom. The Morgan fingerprint density at radius 1 is 1.03 bits per heavy atom. The summed E-state index contributed by atoms with van der Waals surface area (Å²) in [6, 6.07) is 15.4. The molecular formula is C26H25N3O3S. The van der Waals surface area contributed by atoms with E-state index < -0.39 is 0 Å². The fourth-order valence-electron chi connectivity index (χ4n) is 4.10. The van der Waals surface area contributed by atoms with Gasteiger partial charge in [0.15, 0.2) is 0 Å². The largest absolute Gasteiger partial charge is 0.489 e. The molecule has 1 aliphatic rings. The maximum Gasteiger partial charge on any atom is 0.337 e. The van der Waals surface area contributed by atoms with E-state index in [4.69, 9.17) is 14.5 Å². The van der Waals surface area contributed by atoms with Gasteiger partial charge in [-0.15, -0.1) is 0 Å². The first kappa shape index (κ1) is 21.5. The number of carbonyl (C=O) groups is 1. The summed E-state index contributed by atoms with van der Waals surface area (Å²) in [5.41, 5.74) is 3.20. The topological polar surface area (TPSA) is 77.1 Å². The number of aromatic nitrogens is 3. The molecular weight excluding hydrogens is 434 g/mol. The van der Waals surface area contributed by atoms with E-state index in [9.17, 15) is 4.79 Å². The van der Waals surface area contributed by atoms with E-state index in [-0.39, 0.29) is 12.1 Å². The number of ether oxygens (including phenoxy) is 2. The fraction of sp³-hybridized carbons (Fsp3) is 0.269. The number of nitrogens with zero attached hydrogens (tertiary/aromatic N) is 2. The van der Waals surface area contributed by atoms with Crippen LogP contribution in [0.1, 0.15) is 42.5 Å². The van der Waals surface area contributed by atoms with Crippen LogP contribution >= 0.6 is 11.8 Å². The number of methoxy groups -OCH3 is 1. The van der Waals surface area contributed by atoms with Crippen LogP contribution in [0.25, 0.3) is 22.4 Å². The highest BCUT2D eigenvalue weighted by atomic mass is 32.2. The molecule has 168 valence electrons. The molecule has 0 saturated heterocycles. The van der Waals surface area contributed by atoms with Crippen molar-refractivity contribution in [2.75, 3.05) is 7.11 Å². The van der Waals surface area contributed by atoms with E-state index in [1.54, 1.807) is 36.3 Å².